The number of piperidine rings is 1. The number of sulfonamides is 1. The maximum absolute atomic E-state index is 12.6. The standard InChI is InChI=1S/C20H26N2O2S/c1-15-10-12-22(13-11-15)19-7-5-18(6-8-19)21-25(23,24)20-9-4-16(2)17(3)14-20/h4-9,14-15,21H,10-13H2,1-3H3. The molecule has 0 unspecified atom stereocenters. The van der Waals surface area contributed by atoms with Crippen molar-refractivity contribution in [2.45, 2.75) is 38.5 Å². The Morgan fingerprint density at radius 3 is 2.20 bits per heavy atom. The zero-order valence-corrected chi connectivity index (χ0v) is 15.9. The van der Waals surface area contributed by atoms with E-state index in [-0.39, 0.29) is 0 Å². The lowest BCUT2D eigenvalue weighted by Crippen LogP contribution is -2.32. The highest BCUT2D eigenvalue weighted by Gasteiger charge is 2.17. The van der Waals surface area contributed by atoms with Gasteiger partial charge in [0.05, 0.1) is 4.90 Å². The fourth-order valence-corrected chi connectivity index (χ4v) is 4.25. The molecule has 1 aliphatic heterocycles. The summed E-state index contributed by atoms with van der Waals surface area (Å²) in [7, 11) is -3.56. The third-order valence-corrected chi connectivity index (χ3v) is 6.44. The molecule has 0 atom stereocenters. The summed E-state index contributed by atoms with van der Waals surface area (Å²) in [4.78, 5) is 2.66. The number of benzene rings is 2. The summed E-state index contributed by atoms with van der Waals surface area (Å²) in [6.07, 6.45) is 2.42. The Labute approximate surface area is 150 Å². The van der Waals surface area contributed by atoms with Crippen molar-refractivity contribution in [2.75, 3.05) is 22.7 Å². The number of rotatable bonds is 4. The quantitative estimate of drug-likeness (QED) is 0.884. The minimum atomic E-state index is -3.56. The summed E-state index contributed by atoms with van der Waals surface area (Å²) in [5.74, 6) is 0.792. The highest BCUT2D eigenvalue weighted by atomic mass is 32.2. The molecule has 0 radical (unpaired) electrons. The molecule has 134 valence electrons. The first-order chi connectivity index (χ1) is 11.8. The van der Waals surface area contributed by atoms with Gasteiger partial charge in [-0.3, -0.25) is 4.72 Å². The predicted octanol–water partition coefficient (Wildman–Crippen LogP) is 4.34. The molecule has 1 fully saturated rings. The first-order valence-electron chi connectivity index (χ1n) is 8.80. The second-order valence-electron chi connectivity index (χ2n) is 7.07. The fraction of sp³-hybridized carbons (Fsp3) is 0.400. The Hall–Kier alpha value is -2.01. The normalized spacial score (nSPS) is 16.0. The lowest BCUT2D eigenvalue weighted by molar-refractivity contribution is 0.438. The van der Waals surface area contributed by atoms with Crippen LogP contribution in [-0.2, 0) is 10.0 Å². The highest BCUT2D eigenvalue weighted by Crippen LogP contribution is 2.25. The summed E-state index contributed by atoms with van der Waals surface area (Å²) in [6, 6.07) is 12.9. The van der Waals surface area contributed by atoms with E-state index < -0.39 is 10.0 Å². The minimum absolute atomic E-state index is 0.296. The average Bonchev–Trinajstić information content (AvgIpc) is 2.58. The molecule has 1 aliphatic rings. The van der Waals surface area contributed by atoms with E-state index in [2.05, 4.69) is 16.5 Å². The summed E-state index contributed by atoms with van der Waals surface area (Å²) in [5.41, 5.74) is 3.80. The van der Waals surface area contributed by atoms with E-state index in [1.165, 1.54) is 12.8 Å². The van der Waals surface area contributed by atoms with Crippen LogP contribution in [0.25, 0.3) is 0 Å². The van der Waals surface area contributed by atoms with E-state index in [0.29, 0.717) is 10.6 Å². The second kappa shape index (κ2) is 7.08. The van der Waals surface area contributed by atoms with Gasteiger partial charge in [0.2, 0.25) is 0 Å². The van der Waals surface area contributed by atoms with E-state index in [0.717, 1.165) is 35.8 Å². The monoisotopic (exact) mass is 358 g/mol. The zero-order valence-electron chi connectivity index (χ0n) is 15.1. The first-order valence-corrected chi connectivity index (χ1v) is 10.3. The van der Waals surface area contributed by atoms with Crippen molar-refractivity contribution in [1.82, 2.24) is 0 Å². The molecule has 0 amide bonds. The molecule has 1 heterocycles. The molecule has 0 aliphatic carbocycles. The zero-order chi connectivity index (χ0) is 18.0. The van der Waals surface area contributed by atoms with E-state index in [1.54, 1.807) is 12.1 Å². The Balaban J connectivity index is 1.73. The Kier molecular flexibility index (Phi) is 5.04. The van der Waals surface area contributed by atoms with E-state index in [9.17, 15) is 8.42 Å². The lowest BCUT2D eigenvalue weighted by atomic mass is 9.99. The van der Waals surface area contributed by atoms with Crippen LogP contribution in [0, 0.1) is 19.8 Å². The first kappa shape index (κ1) is 17.8. The smallest absolute Gasteiger partial charge is 0.261 e. The van der Waals surface area contributed by atoms with Crippen molar-refractivity contribution in [3.05, 3.63) is 53.6 Å². The number of hydrogen-bond acceptors (Lipinski definition) is 3. The van der Waals surface area contributed by atoms with Gasteiger partial charge in [0.1, 0.15) is 0 Å². The number of hydrogen-bond donors (Lipinski definition) is 1. The Morgan fingerprint density at radius 1 is 0.960 bits per heavy atom. The molecule has 3 rings (SSSR count). The van der Waals surface area contributed by atoms with Crippen molar-refractivity contribution >= 4 is 21.4 Å². The molecule has 25 heavy (non-hydrogen) atoms. The van der Waals surface area contributed by atoms with Crippen molar-refractivity contribution < 1.29 is 8.42 Å². The van der Waals surface area contributed by atoms with Crippen LogP contribution in [0.4, 0.5) is 11.4 Å². The molecule has 5 heteroatoms. The number of nitrogens with zero attached hydrogens (tertiary/aromatic N) is 1. The lowest BCUT2D eigenvalue weighted by Gasteiger charge is -2.32. The summed E-state index contributed by atoms with van der Waals surface area (Å²) in [6.45, 7) is 8.31. The summed E-state index contributed by atoms with van der Waals surface area (Å²) in [5, 5.41) is 0. The molecule has 0 aromatic heterocycles. The van der Waals surface area contributed by atoms with Gasteiger partial charge in [-0.15, -0.1) is 0 Å². The third-order valence-electron chi connectivity index (χ3n) is 5.06. The minimum Gasteiger partial charge on any atom is -0.372 e. The van der Waals surface area contributed by atoms with Crippen LogP contribution >= 0.6 is 0 Å². The van der Waals surface area contributed by atoms with Gasteiger partial charge >= 0.3 is 0 Å². The maximum atomic E-state index is 12.6. The SMILES string of the molecule is Cc1ccc(S(=O)(=O)Nc2ccc(N3CCC(C)CC3)cc2)cc1C. The van der Waals surface area contributed by atoms with Gasteiger partial charge in [0.25, 0.3) is 10.0 Å². The molecule has 1 N–H and O–H groups in total. The van der Waals surface area contributed by atoms with Crippen LogP contribution in [-0.4, -0.2) is 21.5 Å². The number of anilines is 2. The second-order valence-corrected chi connectivity index (χ2v) is 8.75. The van der Waals surface area contributed by atoms with Crippen molar-refractivity contribution in [1.29, 1.82) is 0 Å². The van der Waals surface area contributed by atoms with Crippen molar-refractivity contribution in [2.24, 2.45) is 5.92 Å². The van der Waals surface area contributed by atoms with Crippen molar-refractivity contribution in [3.63, 3.8) is 0 Å². The van der Waals surface area contributed by atoms with Gasteiger partial charge in [0.15, 0.2) is 0 Å². The summed E-state index contributed by atoms with van der Waals surface area (Å²) >= 11 is 0. The van der Waals surface area contributed by atoms with Gasteiger partial charge in [-0.1, -0.05) is 13.0 Å². The maximum Gasteiger partial charge on any atom is 0.261 e. The van der Waals surface area contributed by atoms with Crippen LogP contribution in [0.15, 0.2) is 47.4 Å². The van der Waals surface area contributed by atoms with Gasteiger partial charge in [-0.2, -0.15) is 0 Å². The van der Waals surface area contributed by atoms with Crippen LogP contribution in [0.3, 0.4) is 0 Å². The highest BCUT2D eigenvalue weighted by molar-refractivity contribution is 7.92. The number of nitrogens with one attached hydrogen (secondary N) is 1. The number of aryl methyl sites for hydroxylation is 2. The molecule has 2 aromatic carbocycles. The van der Waals surface area contributed by atoms with Gasteiger partial charge in [-0.05, 0) is 80.1 Å². The van der Waals surface area contributed by atoms with Crippen LogP contribution < -0.4 is 9.62 Å². The van der Waals surface area contributed by atoms with Crippen LogP contribution in [0.1, 0.15) is 30.9 Å². The molecule has 0 bridgehead atoms. The fourth-order valence-electron chi connectivity index (χ4n) is 3.10. The molecular formula is C20H26N2O2S. The van der Waals surface area contributed by atoms with E-state index in [4.69, 9.17) is 0 Å². The summed E-state index contributed by atoms with van der Waals surface area (Å²) < 4.78 is 27.8. The molecule has 4 nitrogen and oxygen atoms in total. The molecule has 1 saturated heterocycles. The van der Waals surface area contributed by atoms with Gasteiger partial charge < -0.3 is 4.90 Å². The molecule has 0 saturated carbocycles. The predicted molar refractivity (Wildman–Crippen MR) is 104 cm³/mol. The van der Waals surface area contributed by atoms with Gasteiger partial charge in [-0.25, -0.2) is 8.42 Å². The Morgan fingerprint density at radius 2 is 1.60 bits per heavy atom. The topological polar surface area (TPSA) is 49.4 Å². The van der Waals surface area contributed by atoms with Crippen LogP contribution in [0.2, 0.25) is 0 Å². The third kappa shape index (κ3) is 4.15. The molecular weight excluding hydrogens is 332 g/mol. The van der Waals surface area contributed by atoms with E-state index in [1.807, 2.05) is 44.2 Å². The molecule has 2 aromatic rings. The molecule has 0 spiro atoms. The average molecular weight is 359 g/mol. The van der Waals surface area contributed by atoms with Crippen molar-refractivity contribution in [3.8, 4) is 0 Å². The largest absolute Gasteiger partial charge is 0.372 e. The van der Waals surface area contributed by atoms with Crippen LogP contribution in [0.5, 0.6) is 0 Å². The van der Waals surface area contributed by atoms with E-state index >= 15 is 0 Å². The Bertz CT molecular complexity index is 836. The van der Waals surface area contributed by atoms with Gasteiger partial charge in [0, 0.05) is 24.5 Å².